The molecular weight excluding hydrogens is 242 g/mol. The summed E-state index contributed by atoms with van der Waals surface area (Å²) in [5, 5.41) is 4.84. The number of hydrogen-bond acceptors (Lipinski definition) is 4. The summed E-state index contributed by atoms with van der Waals surface area (Å²) in [6.45, 7) is 2.53. The lowest BCUT2D eigenvalue weighted by Gasteiger charge is -2.06. The fourth-order valence-electron chi connectivity index (χ4n) is 1.34. The van der Waals surface area contributed by atoms with Crippen LogP contribution in [0.15, 0.2) is 24.4 Å². The number of anilines is 2. The first-order valence-electron chi connectivity index (χ1n) is 4.87. The first-order valence-corrected chi connectivity index (χ1v) is 6.06. The third kappa shape index (κ3) is 2.52. The largest absolute Gasteiger partial charge is 0.331 e. The number of nitrogens with one attached hydrogen (secondary N) is 1. The Hall–Kier alpha value is -1.10. The lowest BCUT2D eigenvalue weighted by atomic mass is 10.2. The quantitative estimate of drug-likeness (QED) is 0.882. The minimum atomic E-state index is 0.527. The van der Waals surface area contributed by atoms with Crippen molar-refractivity contribution in [3.8, 4) is 0 Å². The summed E-state index contributed by atoms with van der Waals surface area (Å²) < 4.78 is 0. The molecule has 0 atom stereocenters. The number of rotatable bonds is 3. The number of benzene rings is 1. The van der Waals surface area contributed by atoms with Gasteiger partial charge in [-0.3, -0.25) is 0 Å². The van der Waals surface area contributed by atoms with E-state index in [4.69, 9.17) is 17.3 Å². The molecule has 0 aliphatic rings. The van der Waals surface area contributed by atoms with Gasteiger partial charge in [-0.2, -0.15) is 0 Å². The Balaban J connectivity index is 2.20. The van der Waals surface area contributed by atoms with Crippen LogP contribution in [0.5, 0.6) is 0 Å². The number of halogens is 1. The SMILES string of the molecule is Cc1cc(Cl)ccc1Nc1ncc(CN)s1. The molecule has 2 rings (SSSR count). The van der Waals surface area contributed by atoms with Gasteiger partial charge in [0.15, 0.2) is 5.13 Å². The first-order chi connectivity index (χ1) is 7.69. The number of hydrogen-bond donors (Lipinski definition) is 2. The lowest BCUT2D eigenvalue weighted by Crippen LogP contribution is -1.92. The van der Waals surface area contributed by atoms with Crippen molar-refractivity contribution in [1.82, 2.24) is 4.98 Å². The van der Waals surface area contributed by atoms with E-state index in [2.05, 4.69) is 10.3 Å². The van der Waals surface area contributed by atoms with Crippen LogP contribution >= 0.6 is 22.9 Å². The van der Waals surface area contributed by atoms with E-state index in [1.54, 1.807) is 17.5 Å². The summed E-state index contributed by atoms with van der Waals surface area (Å²) in [5.74, 6) is 0. The highest BCUT2D eigenvalue weighted by Gasteiger charge is 2.03. The molecule has 0 amide bonds. The zero-order valence-electron chi connectivity index (χ0n) is 8.83. The van der Waals surface area contributed by atoms with E-state index in [0.29, 0.717) is 6.54 Å². The molecule has 2 aromatic rings. The third-order valence-electron chi connectivity index (χ3n) is 2.18. The molecule has 3 N–H and O–H groups in total. The highest BCUT2D eigenvalue weighted by molar-refractivity contribution is 7.15. The Morgan fingerprint density at radius 3 is 2.94 bits per heavy atom. The van der Waals surface area contributed by atoms with Gasteiger partial charge in [-0.25, -0.2) is 4.98 Å². The van der Waals surface area contributed by atoms with E-state index >= 15 is 0 Å². The molecule has 1 aromatic carbocycles. The molecule has 0 spiro atoms. The summed E-state index contributed by atoms with van der Waals surface area (Å²) in [6.07, 6.45) is 1.79. The zero-order chi connectivity index (χ0) is 11.5. The fraction of sp³-hybridized carbons (Fsp3) is 0.182. The van der Waals surface area contributed by atoms with E-state index in [0.717, 1.165) is 26.3 Å². The van der Waals surface area contributed by atoms with Crippen LogP contribution < -0.4 is 11.1 Å². The van der Waals surface area contributed by atoms with Gasteiger partial charge >= 0.3 is 0 Å². The van der Waals surface area contributed by atoms with Crippen LogP contribution in [0.4, 0.5) is 10.8 Å². The summed E-state index contributed by atoms with van der Waals surface area (Å²) in [6, 6.07) is 5.72. The number of nitrogens with zero attached hydrogens (tertiary/aromatic N) is 1. The predicted molar refractivity (Wildman–Crippen MR) is 69.5 cm³/mol. The molecule has 0 aliphatic heterocycles. The van der Waals surface area contributed by atoms with Crippen LogP contribution in [0, 0.1) is 6.92 Å². The van der Waals surface area contributed by atoms with E-state index in [1.165, 1.54) is 0 Å². The van der Waals surface area contributed by atoms with E-state index in [1.807, 2.05) is 25.1 Å². The Morgan fingerprint density at radius 1 is 1.50 bits per heavy atom. The van der Waals surface area contributed by atoms with Gasteiger partial charge in [0.25, 0.3) is 0 Å². The first kappa shape index (κ1) is 11.4. The van der Waals surface area contributed by atoms with Crippen molar-refractivity contribution >= 4 is 33.8 Å². The summed E-state index contributed by atoms with van der Waals surface area (Å²) in [4.78, 5) is 5.30. The minimum Gasteiger partial charge on any atom is -0.331 e. The number of aryl methyl sites for hydroxylation is 1. The molecule has 0 radical (unpaired) electrons. The van der Waals surface area contributed by atoms with Crippen molar-refractivity contribution in [2.75, 3.05) is 5.32 Å². The highest BCUT2D eigenvalue weighted by Crippen LogP contribution is 2.26. The van der Waals surface area contributed by atoms with Gasteiger partial charge in [-0.15, -0.1) is 11.3 Å². The van der Waals surface area contributed by atoms with Gasteiger partial charge in [0, 0.05) is 28.3 Å². The topological polar surface area (TPSA) is 50.9 Å². The molecule has 84 valence electrons. The average Bonchev–Trinajstić information content (AvgIpc) is 2.70. The predicted octanol–water partition coefficient (Wildman–Crippen LogP) is 3.31. The summed E-state index contributed by atoms with van der Waals surface area (Å²) in [7, 11) is 0. The van der Waals surface area contributed by atoms with Crippen LogP contribution in [-0.4, -0.2) is 4.98 Å². The third-order valence-corrected chi connectivity index (χ3v) is 3.35. The van der Waals surface area contributed by atoms with E-state index in [-0.39, 0.29) is 0 Å². The second-order valence-electron chi connectivity index (χ2n) is 3.42. The maximum absolute atomic E-state index is 5.89. The number of aromatic nitrogens is 1. The van der Waals surface area contributed by atoms with E-state index in [9.17, 15) is 0 Å². The fourth-order valence-corrected chi connectivity index (χ4v) is 2.27. The molecule has 0 fully saturated rings. The standard InChI is InChI=1S/C11H12ClN3S/c1-7-4-8(12)2-3-10(7)15-11-14-6-9(5-13)16-11/h2-4,6H,5,13H2,1H3,(H,14,15). The monoisotopic (exact) mass is 253 g/mol. The normalized spacial score (nSPS) is 10.4. The Morgan fingerprint density at radius 2 is 2.31 bits per heavy atom. The molecule has 16 heavy (non-hydrogen) atoms. The highest BCUT2D eigenvalue weighted by atomic mass is 35.5. The molecule has 1 heterocycles. The van der Waals surface area contributed by atoms with Gasteiger partial charge in [-0.1, -0.05) is 11.6 Å². The molecule has 0 saturated heterocycles. The van der Waals surface area contributed by atoms with Crippen LogP contribution in [0.2, 0.25) is 5.02 Å². The van der Waals surface area contributed by atoms with Crippen molar-refractivity contribution in [3.05, 3.63) is 39.9 Å². The minimum absolute atomic E-state index is 0.527. The molecule has 0 aliphatic carbocycles. The van der Waals surface area contributed by atoms with Crippen LogP contribution in [0.1, 0.15) is 10.4 Å². The van der Waals surface area contributed by atoms with Crippen molar-refractivity contribution in [2.45, 2.75) is 13.5 Å². The van der Waals surface area contributed by atoms with Crippen molar-refractivity contribution in [1.29, 1.82) is 0 Å². The molecular formula is C11H12ClN3S. The van der Waals surface area contributed by atoms with Gasteiger partial charge < -0.3 is 11.1 Å². The van der Waals surface area contributed by atoms with Crippen molar-refractivity contribution in [3.63, 3.8) is 0 Å². The molecule has 1 aromatic heterocycles. The van der Waals surface area contributed by atoms with Gasteiger partial charge in [0.1, 0.15) is 0 Å². The number of nitrogens with two attached hydrogens (primary N) is 1. The average molecular weight is 254 g/mol. The van der Waals surface area contributed by atoms with Gasteiger partial charge in [0.2, 0.25) is 0 Å². The van der Waals surface area contributed by atoms with Gasteiger partial charge in [0.05, 0.1) is 0 Å². The Labute approximate surface area is 103 Å². The number of thiazole rings is 1. The lowest BCUT2D eigenvalue weighted by molar-refractivity contribution is 1.10. The second kappa shape index (κ2) is 4.82. The van der Waals surface area contributed by atoms with Crippen molar-refractivity contribution in [2.24, 2.45) is 5.73 Å². The van der Waals surface area contributed by atoms with Crippen molar-refractivity contribution < 1.29 is 0 Å². The second-order valence-corrected chi connectivity index (χ2v) is 4.97. The van der Waals surface area contributed by atoms with E-state index < -0.39 is 0 Å². The van der Waals surface area contributed by atoms with Gasteiger partial charge in [-0.05, 0) is 30.7 Å². The summed E-state index contributed by atoms with van der Waals surface area (Å²) in [5.41, 5.74) is 7.64. The molecule has 0 bridgehead atoms. The summed E-state index contributed by atoms with van der Waals surface area (Å²) >= 11 is 7.45. The molecule has 5 heteroatoms. The van der Waals surface area contributed by atoms with Crippen LogP contribution in [-0.2, 0) is 6.54 Å². The maximum Gasteiger partial charge on any atom is 0.187 e. The Bertz CT molecular complexity index is 496. The molecule has 3 nitrogen and oxygen atoms in total. The molecule has 0 unspecified atom stereocenters. The van der Waals surface area contributed by atoms with Crippen LogP contribution in [0.25, 0.3) is 0 Å². The molecule has 0 saturated carbocycles. The zero-order valence-corrected chi connectivity index (χ0v) is 10.4. The Kier molecular flexibility index (Phi) is 3.43. The smallest absolute Gasteiger partial charge is 0.187 e. The van der Waals surface area contributed by atoms with Crippen LogP contribution in [0.3, 0.4) is 0 Å². The maximum atomic E-state index is 5.89.